The first-order valence-electron chi connectivity index (χ1n) is 12.1. The average molecular weight is 405 g/mol. The van der Waals surface area contributed by atoms with Gasteiger partial charge in [-0.1, -0.05) is 103 Å². The topological polar surface area (TPSA) is 35.5 Å². The van der Waals surface area contributed by atoms with E-state index in [0.29, 0.717) is 12.4 Å². The maximum Gasteiger partial charge on any atom is 0.220 e. The lowest BCUT2D eigenvalue weighted by molar-refractivity contribution is 0.304. The SMILES string of the molecule is CCCCCCCCCCCCCCCCCCOc1ccc(OC)c(=O)cc1. The molecule has 0 aliphatic heterocycles. The predicted octanol–water partition coefficient (Wildman–Crippen LogP) is 7.70. The fraction of sp³-hybridized carbons (Fsp3) is 0.731. The van der Waals surface area contributed by atoms with Gasteiger partial charge >= 0.3 is 0 Å². The van der Waals surface area contributed by atoms with Crippen molar-refractivity contribution in [3.8, 4) is 11.5 Å². The second kappa shape index (κ2) is 18.5. The Bertz CT molecular complexity index is 556. The molecule has 0 fully saturated rings. The van der Waals surface area contributed by atoms with Crippen LogP contribution in [0.2, 0.25) is 0 Å². The van der Waals surface area contributed by atoms with Gasteiger partial charge in [0.05, 0.1) is 13.7 Å². The first-order valence-corrected chi connectivity index (χ1v) is 12.1. The molecule has 0 saturated heterocycles. The Morgan fingerprint density at radius 2 is 1.07 bits per heavy atom. The second-order valence-electron chi connectivity index (χ2n) is 8.15. The molecule has 0 amide bonds. The van der Waals surface area contributed by atoms with Gasteiger partial charge in [-0.2, -0.15) is 0 Å². The molecule has 0 aromatic heterocycles. The summed E-state index contributed by atoms with van der Waals surface area (Å²) < 4.78 is 10.8. The molecule has 0 unspecified atom stereocenters. The minimum absolute atomic E-state index is 0.121. The molecular formula is C26H44O3. The van der Waals surface area contributed by atoms with E-state index in [2.05, 4.69) is 6.92 Å². The highest BCUT2D eigenvalue weighted by Crippen LogP contribution is 2.14. The first kappa shape index (κ1) is 25.5. The van der Waals surface area contributed by atoms with Crippen molar-refractivity contribution in [3.05, 3.63) is 34.5 Å². The van der Waals surface area contributed by atoms with Crippen molar-refractivity contribution in [1.82, 2.24) is 0 Å². The van der Waals surface area contributed by atoms with Gasteiger partial charge in [0.15, 0.2) is 5.75 Å². The average Bonchev–Trinajstić information content (AvgIpc) is 2.91. The summed E-state index contributed by atoms with van der Waals surface area (Å²) in [6.45, 7) is 2.99. The molecular weight excluding hydrogens is 360 g/mol. The highest BCUT2D eigenvalue weighted by molar-refractivity contribution is 5.28. The van der Waals surface area contributed by atoms with E-state index in [-0.39, 0.29) is 5.43 Å². The van der Waals surface area contributed by atoms with E-state index >= 15 is 0 Å². The largest absolute Gasteiger partial charge is 0.494 e. The lowest BCUT2D eigenvalue weighted by atomic mass is 10.0. The summed E-state index contributed by atoms with van der Waals surface area (Å²) in [5.41, 5.74) is -0.121. The van der Waals surface area contributed by atoms with Gasteiger partial charge in [-0.15, -0.1) is 0 Å². The van der Waals surface area contributed by atoms with Gasteiger partial charge in [0.2, 0.25) is 5.43 Å². The third-order valence-corrected chi connectivity index (χ3v) is 5.53. The molecule has 29 heavy (non-hydrogen) atoms. The van der Waals surface area contributed by atoms with Gasteiger partial charge in [0.25, 0.3) is 0 Å². The Labute approximate surface area is 179 Å². The molecule has 0 spiro atoms. The minimum Gasteiger partial charge on any atom is -0.494 e. The van der Waals surface area contributed by atoms with E-state index in [1.165, 1.54) is 109 Å². The number of hydrogen-bond donors (Lipinski definition) is 0. The molecule has 1 aromatic rings. The molecule has 166 valence electrons. The van der Waals surface area contributed by atoms with Crippen LogP contribution in [0, 0.1) is 0 Å². The molecule has 3 heteroatoms. The summed E-state index contributed by atoms with van der Waals surface area (Å²) in [5, 5.41) is 0. The van der Waals surface area contributed by atoms with E-state index in [1.807, 2.05) is 0 Å². The van der Waals surface area contributed by atoms with Crippen LogP contribution < -0.4 is 14.9 Å². The first-order chi connectivity index (χ1) is 14.3. The zero-order valence-electron chi connectivity index (χ0n) is 19.1. The molecule has 0 heterocycles. The van der Waals surface area contributed by atoms with Gasteiger partial charge in [0.1, 0.15) is 5.75 Å². The Balaban J connectivity index is 1.86. The standard InChI is InChI=1S/C26H44O3/c1-3-4-5-6-7-8-9-10-11-12-13-14-15-16-17-18-23-29-24-19-21-25(27)26(28-2)22-20-24/h19-22H,3-18,23H2,1-2H3. The van der Waals surface area contributed by atoms with E-state index in [1.54, 1.807) is 18.2 Å². The molecule has 0 saturated carbocycles. The zero-order chi connectivity index (χ0) is 21.0. The number of unbranched alkanes of at least 4 members (excludes halogenated alkanes) is 15. The van der Waals surface area contributed by atoms with Crippen molar-refractivity contribution < 1.29 is 9.47 Å². The summed E-state index contributed by atoms with van der Waals surface area (Å²) in [5.74, 6) is 1.08. The summed E-state index contributed by atoms with van der Waals surface area (Å²) in [7, 11) is 1.51. The van der Waals surface area contributed by atoms with Crippen LogP contribution in [0.4, 0.5) is 0 Å². The van der Waals surface area contributed by atoms with E-state index in [4.69, 9.17) is 9.47 Å². The van der Waals surface area contributed by atoms with Crippen molar-refractivity contribution in [1.29, 1.82) is 0 Å². The van der Waals surface area contributed by atoms with Crippen LogP contribution in [-0.2, 0) is 0 Å². The molecule has 0 aliphatic rings. The fourth-order valence-electron chi connectivity index (χ4n) is 3.64. The quantitative estimate of drug-likeness (QED) is 0.222. The normalized spacial score (nSPS) is 10.8. The van der Waals surface area contributed by atoms with Crippen molar-refractivity contribution in [2.75, 3.05) is 13.7 Å². The molecule has 0 N–H and O–H groups in total. The fourth-order valence-corrected chi connectivity index (χ4v) is 3.64. The summed E-state index contributed by atoms with van der Waals surface area (Å²) in [6, 6.07) is 6.69. The van der Waals surface area contributed by atoms with Crippen LogP contribution in [0.25, 0.3) is 0 Å². The zero-order valence-corrected chi connectivity index (χ0v) is 19.1. The van der Waals surface area contributed by atoms with E-state index < -0.39 is 0 Å². The third-order valence-electron chi connectivity index (χ3n) is 5.53. The number of rotatable bonds is 19. The third kappa shape index (κ3) is 14.2. The number of ether oxygens (including phenoxy) is 2. The lowest BCUT2D eigenvalue weighted by Gasteiger charge is -2.05. The van der Waals surface area contributed by atoms with E-state index in [0.717, 1.165) is 12.2 Å². The summed E-state index contributed by atoms with van der Waals surface area (Å²) in [6.07, 6.45) is 21.9. The van der Waals surface area contributed by atoms with Gasteiger partial charge < -0.3 is 9.47 Å². The number of methoxy groups -OCH3 is 1. The van der Waals surface area contributed by atoms with Gasteiger partial charge in [-0.25, -0.2) is 0 Å². The highest BCUT2D eigenvalue weighted by atomic mass is 16.5. The van der Waals surface area contributed by atoms with Crippen LogP contribution in [0.5, 0.6) is 11.5 Å². The lowest BCUT2D eigenvalue weighted by Crippen LogP contribution is -1.99. The van der Waals surface area contributed by atoms with Crippen LogP contribution in [-0.4, -0.2) is 13.7 Å². The monoisotopic (exact) mass is 404 g/mol. The smallest absolute Gasteiger partial charge is 0.220 e. The predicted molar refractivity (Wildman–Crippen MR) is 124 cm³/mol. The highest BCUT2D eigenvalue weighted by Gasteiger charge is 1.98. The minimum atomic E-state index is -0.121. The maximum atomic E-state index is 11.7. The van der Waals surface area contributed by atoms with Crippen LogP contribution >= 0.6 is 0 Å². The van der Waals surface area contributed by atoms with Crippen molar-refractivity contribution >= 4 is 0 Å². The molecule has 1 rings (SSSR count). The second-order valence-corrected chi connectivity index (χ2v) is 8.15. The molecule has 3 nitrogen and oxygen atoms in total. The Hall–Kier alpha value is -1.51. The van der Waals surface area contributed by atoms with Crippen molar-refractivity contribution in [3.63, 3.8) is 0 Å². The summed E-state index contributed by atoms with van der Waals surface area (Å²) >= 11 is 0. The Morgan fingerprint density at radius 1 is 0.621 bits per heavy atom. The number of hydrogen-bond acceptors (Lipinski definition) is 3. The molecule has 1 aromatic carbocycles. The molecule has 0 aliphatic carbocycles. The van der Waals surface area contributed by atoms with E-state index in [9.17, 15) is 4.79 Å². The Morgan fingerprint density at radius 3 is 1.55 bits per heavy atom. The van der Waals surface area contributed by atoms with Crippen LogP contribution in [0.1, 0.15) is 110 Å². The molecule has 0 radical (unpaired) electrons. The van der Waals surface area contributed by atoms with Gasteiger partial charge in [-0.3, -0.25) is 4.79 Å². The van der Waals surface area contributed by atoms with Gasteiger partial charge in [0, 0.05) is 0 Å². The van der Waals surface area contributed by atoms with Crippen molar-refractivity contribution in [2.45, 2.75) is 110 Å². The maximum absolute atomic E-state index is 11.7. The van der Waals surface area contributed by atoms with Crippen molar-refractivity contribution in [2.24, 2.45) is 0 Å². The molecule has 0 bridgehead atoms. The van der Waals surface area contributed by atoms with Crippen LogP contribution in [0.3, 0.4) is 0 Å². The van der Waals surface area contributed by atoms with Crippen LogP contribution in [0.15, 0.2) is 29.1 Å². The van der Waals surface area contributed by atoms with Gasteiger partial charge in [-0.05, 0) is 30.7 Å². The molecule has 0 atom stereocenters. The summed E-state index contributed by atoms with van der Waals surface area (Å²) in [4.78, 5) is 11.7. The Kier molecular flexibility index (Phi) is 16.3.